The molecule has 0 radical (unpaired) electrons. The number of hydrogen-bond donors (Lipinski definition) is 1. The van der Waals surface area contributed by atoms with E-state index >= 15 is 0 Å². The van der Waals surface area contributed by atoms with Gasteiger partial charge in [-0.15, -0.1) is 0 Å². The first-order valence-electron chi connectivity index (χ1n) is 7.42. The topological polar surface area (TPSA) is 82.8 Å². The van der Waals surface area contributed by atoms with Gasteiger partial charge in [0, 0.05) is 30.8 Å². The zero-order valence-corrected chi connectivity index (χ0v) is 12.4. The molecule has 0 unspecified atom stereocenters. The minimum absolute atomic E-state index is 0.459. The third-order valence-corrected chi connectivity index (χ3v) is 4.00. The van der Waals surface area contributed by atoms with Gasteiger partial charge in [0.25, 0.3) is 5.89 Å². The molecule has 2 heterocycles. The van der Waals surface area contributed by atoms with Crippen LogP contribution in [0.4, 0.5) is 0 Å². The first-order valence-corrected chi connectivity index (χ1v) is 7.42. The van der Waals surface area contributed by atoms with Crippen molar-refractivity contribution < 1.29 is 4.52 Å². The van der Waals surface area contributed by atoms with Crippen LogP contribution in [-0.2, 0) is 13.6 Å². The van der Waals surface area contributed by atoms with Crippen LogP contribution in [0.15, 0.2) is 34.9 Å². The number of nitrogens with zero attached hydrogens (tertiary/aromatic N) is 4. The Bertz CT molecular complexity index is 798. The zero-order chi connectivity index (χ0) is 15.1. The molecule has 0 atom stereocenters. The molecule has 2 N–H and O–H groups in total. The SMILES string of the molecule is Cn1nc(-c2nc(-c3ccc(CN)cc3)no2)cc1C1CC1. The third kappa shape index (κ3) is 2.31. The van der Waals surface area contributed by atoms with Crippen molar-refractivity contribution in [3.8, 4) is 23.0 Å². The molecule has 1 aromatic carbocycles. The van der Waals surface area contributed by atoms with Crippen LogP contribution >= 0.6 is 0 Å². The normalized spacial score (nSPS) is 14.5. The van der Waals surface area contributed by atoms with Crippen LogP contribution in [0.3, 0.4) is 0 Å². The van der Waals surface area contributed by atoms with Crippen molar-refractivity contribution in [2.75, 3.05) is 0 Å². The molecule has 22 heavy (non-hydrogen) atoms. The molecule has 112 valence electrons. The number of rotatable bonds is 4. The van der Waals surface area contributed by atoms with Crippen molar-refractivity contribution in [3.63, 3.8) is 0 Å². The second-order valence-electron chi connectivity index (χ2n) is 5.68. The highest BCUT2D eigenvalue weighted by Gasteiger charge is 2.28. The number of aryl methyl sites for hydroxylation is 1. The van der Waals surface area contributed by atoms with Crippen LogP contribution in [0.2, 0.25) is 0 Å². The second-order valence-corrected chi connectivity index (χ2v) is 5.68. The fourth-order valence-corrected chi connectivity index (χ4v) is 2.58. The fourth-order valence-electron chi connectivity index (χ4n) is 2.58. The lowest BCUT2D eigenvalue weighted by atomic mass is 10.1. The summed E-state index contributed by atoms with van der Waals surface area (Å²) in [6.07, 6.45) is 2.48. The monoisotopic (exact) mass is 295 g/mol. The van der Waals surface area contributed by atoms with E-state index in [1.54, 1.807) is 0 Å². The van der Waals surface area contributed by atoms with E-state index in [0.717, 1.165) is 16.8 Å². The lowest BCUT2D eigenvalue weighted by Gasteiger charge is -1.97. The van der Waals surface area contributed by atoms with E-state index in [9.17, 15) is 0 Å². The summed E-state index contributed by atoms with van der Waals surface area (Å²) in [5, 5.41) is 8.53. The lowest BCUT2D eigenvalue weighted by Crippen LogP contribution is -1.95. The van der Waals surface area contributed by atoms with Gasteiger partial charge >= 0.3 is 0 Å². The van der Waals surface area contributed by atoms with Crippen molar-refractivity contribution in [2.45, 2.75) is 25.3 Å². The maximum absolute atomic E-state index is 5.60. The molecular formula is C16H17N5O. The molecule has 0 amide bonds. The average Bonchev–Trinajstić information content (AvgIpc) is 3.13. The van der Waals surface area contributed by atoms with Crippen LogP contribution in [0.1, 0.15) is 30.0 Å². The number of aromatic nitrogens is 4. The number of hydrogen-bond acceptors (Lipinski definition) is 5. The molecule has 1 fully saturated rings. The maximum Gasteiger partial charge on any atom is 0.278 e. The molecule has 6 nitrogen and oxygen atoms in total. The summed E-state index contributed by atoms with van der Waals surface area (Å²) in [7, 11) is 1.96. The highest BCUT2D eigenvalue weighted by Crippen LogP contribution is 2.40. The molecule has 1 aliphatic carbocycles. The molecule has 6 heteroatoms. The molecule has 0 spiro atoms. The van der Waals surface area contributed by atoms with Crippen molar-refractivity contribution >= 4 is 0 Å². The van der Waals surface area contributed by atoms with Gasteiger partial charge in [-0.25, -0.2) is 0 Å². The first-order chi connectivity index (χ1) is 10.7. The molecule has 0 bridgehead atoms. The standard InChI is InChI=1S/C16H17N5O/c1-21-14(11-6-7-11)8-13(19-21)16-18-15(20-22-16)12-4-2-10(9-17)3-5-12/h2-5,8,11H,6-7,9,17H2,1H3. The predicted molar refractivity (Wildman–Crippen MR) is 81.8 cm³/mol. The van der Waals surface area contributed by atoms with Crippen molar-refractivity contribution in [3.05, 3.63) is 41.6 Å². The summed E-state index contributed by atoms with van der Waals surface area (Å²) in [6, 6.07) is 9.89. The molecule has 3 aromatic rings. The summed E-state index contributed by atoms with van der Waals surface area (Å²) >= 11 is 0. The van der Waals surface area contributed by atoms with Crippen molar-refractivity contribution in [1.82, 2.24) is 19.9 Å². The van der Waals surface area contributed by atoms with E-state index in [2.05, 4.69) is 15.2 Å². The molecule has 1 aliphatic rings. The van der Waals surface area contributed by atoms with Gasteiger partial charge in [-0.05, 0) is 24.5 Å². The first kappa shape index (κ1) is 13.2. The summed E-state index contributed by atoms with van der Waals surface area (Å²) < 4.78 is 7.28. The lowest BCUT2D eigenvalue weighted by molar-refractivity contribution is 0.430. The largest absolute Gasteiger partial charge is 0.332 e. The Kier molecular flexibility index (Phi) is 3.04. The Balaban J connectivity index is 1.64. The van der Waals surface area contributed by atoms with E-state index in [1.807, 2.05) is 42.1 Å². The summed E-state index contributed by atoms with van der Waals surface area (Å²) in [5.41, 5.74) is 9.56. The van der Waals surface area contributed by atoms with Gasteiger partial charge < -0.3 is 10.3 Å². The van der Waals surface area contributed by atoms with Crippen LogP contribution in [-0.4, -0.2) is 19.9 Å². The Morgan fingerprint density at radius 3 is 2.73 bits per heavy atom. The van der Waals surface area contributed by atoms with E-state index in [0.29, 0.717) is 24.2 Å². The van der Waals surface area contributed by atoms with Gasteiger partial charge in [0.15, 0.2) is 5.69 Å². The molecule has 1 saturated carbocycles. The Labute approximate surface area is 127 Å². The van der Waals surface area contributed by atoms with Gasteiger partial charge in [-0.1, -0.05) is 29.4 Å². The quantitative estimate of drug-likeness (QED) is 0.799. The predicted octanol–water partition coefficient (Wildman–Crippen LogP) is 2.47. The number of nitrogens with two attached hydrogens (primary N) is 1. The van der Waals surface area contributed by atoms with E-state index in [-0.39, 0.29) is 0 Å². The van der Waals surface area contributed by atoms with E-state index in [4.69, 9.17) is 10.3 Å². The summed E-state index contributed by atoms with van der Waals surface area (Å²) in [5.74, 6) is 1.66. The Hall–Kier alpha value is -2.47. The van der Waals surface area contributed by atoms with Crippen LogP contribution in [0, 0.1) is 0 Å². The van der Waals surface area contributed by atoms with Crippen LogP contribution < -0.4 is 5.73 Å². The zero-order valence-electron chi connectivity index (χ0n) is 12.4. The van der Waals surface area contributed by atoms with Gasteiger partial charge in [0.2, 0.25) is 5.82 Å². The average molecular weight is 295 g/mol. The molecular weight excluding hydrogens is 278 g/mol. The summed E-state index contributed by atoms with van der Waals surface area (Å²) in [6.45, 7) is 0.523. The highest BCUT2D eigenvalue weighted by atomic mass is 16.5. The van der Waals surface area contributed by atoms with Crippen molar-refractivity contribution in [2.24, 2.45) is 12.8 Å². The molecule has 4 rings (SSSR count). The highest BCUT2D eigenvalue weighted by molar-refractivity contribution is 5.58. The fraction of sp³-hybridized carbons (Fsp3) is 0.312. The van der Waals surface area contributed by atoms with Gasteiger partial charge in [-0.3, -0.25) is 4.68 Å². The Morgan fingerprint density at radius 2 is 2.05 bits per heavy atom. The maximum atomic E-state index is 5.60. The minimum Gasteiger partial charge on any atom is -0.332 e. The van der Waals surface area contributed by atoms with E-state index < -0.39 is 0 Å². The summed E-state index contributed by atoms with van der Waals surface area (Å²) in [4.78, 5) is 4.46. The second kappa shape index (κ2) is 5.06. The smallest absolute Gasteiger partial charge is 0.278 e. The third-order valence-electron chi connectivity index (χ3n) is 4.00. The van der Waals surface area contributed by atoms with Crippen LogP contribution in [0.25, 0.3) is 23.0 Å². The van der Waals surface area contributed by atoms with E-state index in [1.165, 1.54) is 18.5 Å². The van der Waals surface area contributed by atoms with Crippen LogP contribution in [0.5, 0.6) is 0 Å². The number of benzene rings is 1. The van der Waals surface area contributed by atoms with Gasteiger partial charge in [0.05, 0.1) is 0 Å². The van der Waals surface area contributed by atoms with Crippen molar-refractivity contribution in [1.29, 1.82) is 0 Å². The van der Waals surface area contributed by atoms with Gasteiger partial charge in [-0.2, -0.15) is 10.1 Å². The minimum atomic E-state index is 0.459. The Morgan fingerprint density at radius 1 is 1.27 bits per heavy atom. The molecule has 0 saturated heterocycles. The van der Waals surface area contributed by atoms with Gasteiger partial charge in [0.1, 0.15) is 0 Å². The molecule has 2 aromatic heterocycles. The molecule has 0 aliphatic heterocycles.